The number of aromatic nitrogens is 1. The average Bonchev–Trinajstić information content (AvgIpc) is 2.48. The molecule has 114 valence electrons. The molecule has 0 atom stereocenters. The minimum absolute atomic E-state index is 0.975. The van der Waals surface area contributed by atoms with E-state index in [0.29, 0.717) is 0 Å². The molecule has 1 nitrogen and oxygen atoms in total. The molecule has 0 aromatic carbocycles. The SMILES string of the molecule is CCC[CH2][Sn]([CH2]CCC)([CH2]CCC)[c]1ccc(Br)nc1. The molecule has 0 bridgehead atoms. The number of halogens is 1. The molecule has 0 N–H and O–H groups in total. The first-order chi connectivity index (χ1) is 9.68. The standard InChI is InChI=1S/C5H3BrN.3C4H9.Sn/c6-5-3-1-2-4-7-5;3*1-3-4-2;/h1,3-4H;3*1,3-4H2,2H3;. The van der Waals surface area contributed by atoms with Crippen LogP contribution in [-0.2, 0) is 0 Å². The molecule has 0 aliphatic rings. The van der Waals surface area contributed by atoms with Crippen LogP contribution in [0.3, 0.4) is 0 Å². The van der Waals surface area contributed by atoms with Gasteiger partial charge >= 0.3 is 138 Å². The molecule has 0 fully saturated rings. The maximum absolute atomic E-state index is 4.54. The van der Waals surface area contributed by atoms with Crippen molar-refractivity contribution in [2.75, 3.05) is 0 Å². The Morgan fingerprint density at radius 3 is 1.75 bits per heavy atom. The van der Waals surface area contributed by atoms with Crippen LogP contribution in [0.5, 0.6) is 0 Å². The summed E-state index contributed by atoms with van der Waals surface area (Å²) < 4.78 is 7.21. The number of hydrogen-bond acceptors (Lipinski definition) is 1. The minimum atomic E-state index is -2.21. The summed E-state index contributed by atoms with van der Waals surface area (Å²) in [6.45, 7) is 6.99. The van der Waals surface area contributed by atoms with Crippen molar-refractivity contribution in [3.05, 3.63) is 22.9 Å². The Morgan fingerprint density at radius 1 is 0.900 bits per heavy atom. The molecular formula is C17H30BrNSn. The number of pyridine rings is 1. The van der Waals surface area contributed by atoms with Crippen molar-refractivity contribution in [2.24, 2.45) is 0 Å². The van der Waals surface area contributed by atoms with E-state index in [4.69, 9.17) is 0 Å². The molecule has 0 amide bonds. The summed E-state index contributed by atoms with van der Waals surface area (Å²) in [4.78, 5) is 4.54. The van der Waals surface area contributed by atoms with Gasteiger partial charge in [0.15, 0.2) is 0 Å². The van der Waals surface area contributed by atoms with E-state index >= 15 is 0 Å². The Kier molecular flexibility index (Phi) is 9.43. The van der Waals surface area contributed by atoms with Gasteiger partial charge < -0.3 is 0 Å². The zero-order valence-corrected chi connectivity index (χ0v) is 17.9. The Balaban J connectivity index is 3.00. The van der Waals surface area contributed by atoms with Gasteiger partial charge in [-0.15, -0.1) is 0 Å². The van der Waals surface area contributed by atoms with Gasteiger partial charge in [-0.1, -0.05) is 0 Å². The van der Waals surface area contributed by atoms with Crippen LogP contribution in [0.2, 0.25) is 13.3 Å². The fourth-order valence-electron chi connectivity index (χ4n) is 3.04. The first-order valence-corrected chi connectivity index (χ1v) is 16.6. The third-order valence-corrected chi connectivity index (χ3v) is 20.4. The van der Waals surface area contributed by atoms with Crippen molar-refractivity contribution in [2.45, 2.75) is 72.6 Å². The topological polar surface area (TPSA) is 12.9 Å². The fraction of sp³-hybridized carbons (Fsp3) is 0.706. The molecule has 0 radical (unpaired) electrons. The molecule has 3 heteroatoms. The van der Waals surface area contributed by atoms with Gasteiger partial charge in [0.2, 0.25) is 0 Å². The fourth-order valence-corrected chi connectivity index (χ4v) is 18.9. The van der Waals surface area contributed by atoms with E-state index in [2.05, 4.69) is 60.0 Å². The predicted octanol–water partition coefficient (Wildman–Crippen LogP) is 5.90. The number of rotatable bonds is 10. The van der Waals surface area contributed by atoms with Gasteiger partial charge in [0.1, 0.15) is 0 Å². The van der Waals surface area contributed by atoms with Crippen molar-refractivity contribution in [1.29, 1.82) is 0 Å². The first kappa shape index (κ1) is 18.5. The van der Waals surface area contributed by atoms with E-state index in [9.17, 15) is 0 Å². The molecule has 0 unspecified atom stereocenters. The van der Waals surface area contributed by atoms with E-state index in [1.54, 1.807) is 3.58 Å². The zero-order chi connectivity index (χ0) is 14.8. The summed E-state index contributed by atoms with van der Waals surface area (Å²) in [5.74, 6) is 0. The van der Waals surface area contributed by atoms with Gasteiger partial charge in [-0.2, -0.15) is 0 Å². The van der Waals surface area contributed by atoms with Crippen LogP contribution >= 0.6 is 15.9 Å². The van der Waals surface area contributed by atoms with Gasteiger partial charge in [0, 0.05) is 0 Å². The van der Waals surface area contributed by atoms with Crippen molar-refractivity contribution in [1.82, 2.24) is 4.98 Å². The predicted molar refractivity (Wildman–Crippen MR) is 96.5 cm³/mol. The van der Waals surface area contributed by atoms with E-state index in [0.717, 1.165) is 4.60 Å². The number of unbranched alkanes of at least 4 members (excludes halogenated alkanes) is 3. The van der Waals surface area contributed by atoms with Crippen molar-refractivity contribution in [3.8, 4) is 0 Å². The Morgan fingerprint density at radius 2 is 1.40 bits per heavy atom. The third-order valence-electron chi connectivity index (χ3n) is 4.37. The van der Waals surface area contributed by atoms with E-state index in [1.807, 2.05) is 0 Å². The quantitative estimate of drug-likeness (QED) is 0.322. The van der Waals surface area contributed by atoms with Crippen LogP contribution in [0.15, 0.2) is 22.9 Å². The summed E-state index contributed by atoms with van der Waals surface area (Å²) in [6.07, 6.45) is 10.4. The second-order valence-electron chi connectivity index (χ2n) is 5.96. The number of nitrogens with zero attached hydrogens (tertiary/aromatic N) is 1. The molecule has 1 heterocycles. The second kappa shape index (κ2) is 10.2. The third kappa shape index (κ3) is 5.67. The average molecular weight is 447 g/mol. The zero-order valence-electron chi connectivity index (χ0n) is 13.4. The van der Waals surface area contributed by atoms with Gasteiger partial charge in [-0.3, -0.25) is 0 Å². The van der Waals surface area contributed by atoms with E-state index in [-0.39, 0.29) is 0 Å². The molecule has 0 saturated carbocycles. The second-order valence-corrected chi connectivity index (χ2v) is 20.0. The van der Waals surface area contributed by atoms with Crippen LogP contribution in [0.1, 0.15) is 59.3 Å². The summed E-state index contributed by atoms with van der Waals surface area (Å²) >= 11 is 1.27. The normalized spacial score (nSPS) is 11.8. The molecule has 1 aromatic heterocycles. The van der Waals surface area contributed by atoms with E-state index in [1.165, 1.54) is 51.8 Å². The molecular weight excluding hydrogens is 417 g/mol. The Labute approximate surface area is 138 Å². The van der Waals surface area contributed by atoms with Crippen LogP contribution in [0, 0.1) is 0 Å². The summed E-state index contributed by atoms with van der Waals surface area (Å²) in [7, 11) is 0. The van der Waals surface area contributed by atoms with Gasteiger partial charge in [0.25, 0.3) is 0 Å². The van der Waals surface area contributed by atoms with Crippen molar-refractivity contribution < 1.29 is 0 Å². The summed E-state index contributed by atoms with van der Waals surface area (Å²) in [5.41, 5.74) is 0. The van der Waals surface area contributed by atoms with Crippen LogP contribution in [-0.4, -0.2) is 23.4 Å². The molecule has 1 aromatic rings. The molecule has 0 aliphatic heterocycles. The molecule has 0 spiro atoms. The van der Waals surface area contributed by atoms with Gasteiger partial charge in [0.05, 0.1) is 0 Å². The first-order valence-electron chi connectivity index (χ1n) is 8.30. The number of hydrogen-bond donors (Lipinski definition) is 0. The Bertz CT molecular complexity index is 342. The molecule has 20 heavy (non-hydrogen) atoms. The summed E-state index contributed by atoms with van der Waals surface area (Å²) in [6, 6.07) is 4.54. The van der Waals surface area contributed by atoms with Crippen LogP contribution in [0.25, 0.3) is 0 Å². The van der Waals surface area contributed by atoms with Crippen LogP contribution < -0.4 is 3.58 Å². The van der Waals surface area contributed by atoms with E-state index < -0.39 is 18.4 Å². The Hall–Kier alpha value is 0.429. The monoisotopic (exact) mass is 447 g/mol. The van der Waals surface area contributed by atoms with Gasteiger partial charge in [-0.05, 0) is 0 Å². The molecule has 0 aliphatic carbocycles. The molecule has 1 rings (SSSR count). The molecule has 0 saturated heterocycles. The van der Waals surface area contributed by atoms with Crippen molar-refractivity contribution >= 4 is 37.9 Å². The maximum atomic E-state index is 4.54. The van der Waals surface area contributed by atoms with Gasteiger partial charge in [-0.25, -0.2) is 0 Å². The van der Waals surface area contributed by atoms with Crippen molar-refractivity contribution in [3.63, 3.8) is 0 Å². The van der Waals surface area contributed by atoms with Crippen LogP contribution in [0.4, 0.5) is 0 Å². The summed E-state index contributed by atoms with van der Waals surface area (Å²) in [5, 5.41) is 0.